The summed E-state index contributed by atoms with van der Waals surface area (Å²) in [5.74, 6) is 2.43. The number of nitrogens with one attached hydrogen (secondary N) is 1. The summed E-state index contributed by atoms with van der Waals surface area (Å²) in [6, 6.07) is 18.0. The molecule has 168 valence electrons. The van der Waals surface area contributed by atoms with Crippen molar-refractivity contribution in [2.45, 2.75) is 30.5 Å². The first-order valence-corrected chi connectivity index (χ1v) is 12.6. The fraction of sp³-hybridized carbons (Fsp3) is 0.250. The number of benzene rings is 2. The third kappa shape index (κ3) is 5.26. The molecule has 0 saturated heterocycles. The van der Waals surface area contributed by atoms with Gasteiger partial charge in [-0.1, -0.05) is 42.1 Å². The average Bonchev–Trinajstić information content (AvgIpc) is 3.46. The van der Waals surface area contributed by atoms with E-state index in [9.17, 15) is 4.79 Å². The van der Waals surface area contributed by atoms with Gasteiger partial charge in [0.25, 0.3) is 0 Å². The Kier molecular flexibility index (Phi) is 6.41. The second-order valence-corrected chi connectivity index (χ2v) is 9.59. The summed E-state index contributed by atoms with van der Waals surface area (Å²) >= 11 is 2.82. The smallest absolute Gasteiger partial charge is 0.236 e. The molecule has 1 aliphatic rings. The molecular formula is C24H23N5O2S2. The highest BCUT2D eigenvalue weighted by atomic mass is 32.2. The highest BCUT2D eigenvalue weighted by Crippen LogP contribution is 2.40. The number of ether oxygens (including phenoxy) is 1. The molecule has 4 aromatic rings. The van der Waals surface area contributed by atoms with Crippen LogP contribution in [0.3, 0.4) is 0 Å². The van der Waals surface area contributed by atoms with Gasteiger partial charge in [-0.2, -0.15) is 0 Å². The van der Waals surface area contributed by atoms with Crippen molar-refractivity contribution in [1.82, 2.24) is 19.7 Å². The number of nitrogens with zero attached hydrogens (tertiary/aromatic N) is 4. The summed E-state index contributed by atoms with van der Waals surface area (Å²) in [6.07, 6.45) is 2.30. The normalized spacial score (nSPS) is 13.1. The van der Waals surface area contributed by atoms with Crippen LogP contribution in [0.1, 0.15) is 30.1 Å². The van der Waals surface area contributed by atoms with Crippen molar-refractivity contribution in [2.75, 3.05) is 18.2 Å². The van der Waals surface area contributed by atoms with Gasteiger partial charge in [-0.3, -0.25) is 4.79 Å². The number of hydrogen-bond donors (Lipinski definition) is 1. The molecule has 2 aromatic carbocycles. The lowest BCUT2D eigenvalue weighted by molar-refractivity contribution is -0.113. The summed E-state index contributed by atoms with van der Waals surface area (Å²) in [5, 5.41) is 15.0. The molecule has 1 N–H and O–H groups in total. The predicted molar refractivity (Wildman–Crippen MR) is 131 cm³/mol. The van der Waals surface area contributed by atoms with E-state index < -0.39 is 0 Å². The first-order chi connectivity index (χ1) is 16.2. The minimum atomic E-state index is -0.113. The lowest BCUT2D eigenvalue weighted by atomic mass is 10.2. The minimum Gasteiger partial charge on any atom is -0.497 e. The van der Waals surface area contributed by atoms with Gasteiger partial charge in [0.05, 0.1) is 25.1 Å². The topological polar surface area (TPSA) is 81.9 Å². The zero-order valence-electron chi connectivity index (χ0n) is 18.1. The molecule has 1 saturated carbocycles. The summed E-state index contributed by atoms with van der Waals surface area (Å²) in [7, 11) is 1.64. The first kappa shape index (κ1) is 21.7. The number of methoxy groups -OCH3 is 1. The molecule has 33 heavy (non-hydrogen) atoms. The van der Waals surface area contributed by atoms with Crippen molar-refractivity contribution in [2.24, 2.45) is 0 Å². The van der Waals surface area contributed by atoms with Crippen molar-refractivity contribution in [3.05, 3.63) is 71.4 Å². The van der Waals surface area contributed by atoms with Crippen LogP contribution in [0.25, 0.3) is 11.3 Å². The molecule has 1 fully saturated rings. The monoisotopic (exact) mass is 477 g/mol. The maximum absolute atomic E-state index is 12.6. The summed E-state index contributed by atoms with van der Waals surface area (Å²) in [6.45, 7) is 0.710. The molecule has 1 aliphatic carbocycles. The van der Waals surface area contributed by atoms with E-state index in [1.807, 2.05) is 47.8 Å². The molecule has 2 aromatic heterocycles. The molecule has 0 radical (unpaired) electrons. The number of thiazole rings is 1. The third-order valence-corrected chi connectivity index (χ3v) is 7.06. The van der Waals surface area contributed by atoms with Gasteiger partial charge in [-0.05, 0) is 42.7 Å². The average molecular weight is 478 g/mol. The number of thioether (sulfide) groups is 1. The van der Waals surface area contributed by atoms with Gasteiger partial charge in [0.2, 0.25) is 5.91 Å². The van der Waals surface area contributed by atoms with Crippen LogP contribution in [0.4, 0.5) is 5.13 Å². The fourth-order valence-electron chi connectivity index (χ4n) is 3.48. The Balaban J connectivity index is 1.22. The number of carbonyl (C=O) groups is 1. The van der Waals surface area contributed by atoms with Gasteiger partial charge in [0.1, 0.15) is 11.6 Å². The molecule has 0 bridgehead atoms. The number of hydrogen-bond acceptors (Lipinski definition) is 7. The van der Waals surface area contributed by atoms with E-state index in [0.717, 1.165) is 40.8 Å². The molecule has 1 amide bonds. The number of aromatic nitrogens is 4. The Morgan fingerprint density at radius 3 is 2.67 bits per heavy atom. The van der Waals surface area contributed by atoms with Crippen LogP contribution in [0.2, 0.25) is 0 Å². The van der Waals surface area contributed by atoms with Crippen LogP contribution in [-0.2, 0) is 11.3 Å². The van der Waals surface area contributed by atoms with E-state index in [4.69, 9.17) is 4.74 Å². The molecule has 9 heteroatoms. The predicted octanol–water partition coefficient (Wildman–Crippen LogP) is 5.07. The van der Waals surface area contributed by atoms with Gasteiger partial charge in [-0.15, -0.1) is 21.5 Å². The van der Waals surface area contributed by atoms with Gasteiger partial charge < -0.3 is 14.6 Å². The molecule has 0 aliphatic heterocycles. The van der Waals surface area contributed by atoms with Gasteiger partial charge in [-0.25, -0.2) is 4.98 Å². The number of anilines is 1. The second kappa shape index (κ2) is 9.76. The Morgan fingerprint density at radius 2 is 1.94 bits per heavy atom. The highest BCUT2D eigenvalue weighted by Gasteiger charge is 2.30. The largest absolute Gasteiger partial charge is 0.497 e. The standard InChI is InChI=1S/C24H23N5O2S2/c1-31-19-11-9-17(10-12-19)20-14-32-23(25-20)26-21(30)15-33-24-28-27-22(18-7-8-18)29(24)13-16-5-3-2-4-6-16/h2-6,9-12,14,18H,7-8,13,15H2,1H3,(H,25,26,30). The van der Waals surface area contributed by atoms with Gasteiger partial charge >= 0.3 is 0 Å². The molecular weight excluding hydrogens is 454 g/mol. The zero-order chi connectivity index (χ0) is 22.6. The summed E-state index contributed by atoms with van der Waals surface area (Å²) in [5.41, 5.74) is 2.99. The summed E-state index contributed by atoms with van der Waals surface area (Å²) in [4.78, 5) is 17.1. The Labute approximate surface area is 200 Å². The second-order valence-electron chi connectivity index (χ2n) is 7.79. The van der Waals surface area contributed by atoms with Gasteiger partial charge in [0, 0.05) is 16.9 Å². The van der Waals surface area contributed by atoms with E-state index in [0.29, 0.717) is 17.6 Å². The van der Waals surface area contributed by atoms with E-state index in [2.05, 4.69) is 37.2 Å². The van der Waals surface area contributed by atoms with Crippen molar-refractivity contribution in [3.8, 4) is 17.0 Å². The highest BCUT2D eigenvalue weighted by molar-refractivity contribution is 7.99. The lowest BCUT2D eigenvalue weighted by Gasteiger charge is -2.10. The SMILES string of the molecule is COc1ccc(-c2csc(NC(=O)CSc3nnc(C4CC4)n3Cc3ccccc3)n2)cc1. The Bertz CT molecular complexity index is 1230. The number of rotatable bonds is 9. The van der Waals surface area contributed by atoms with Crippen molar-refractivity contribution in [3.63, 3.8) is 0 Å². The van der Waals surface area contributed by atoms with Crippen LogP contribution < -0.4 is 10.1 Å². The quantitative estimate of drug-likeness (QED) is 0.339. The van der Waals surface area contributed by atoms with E-state index in [-0.39, 0.29) is 11.7 Å². The van der Waals surface area contributed by atoms with E-state index in [1.165, 1.54) is 28.7 Å². The number of amides is 1. The van der Waals surface area contributed by atoms with Crippen molar-refractivity contribution < 1.29 is 9.53 Å². The molecule has 0 spiro atoms. The summed E-state index contributed by atoms with van der Waals surface area (Å²) < 4.78 is 7.35. The van der Waals surface area contributed by atoms with Crippen LogP contribution in [0, 0.1) is 0 Å². The van der Waals surface area contributed by atoms with Crippen molar-refractivity contribution in [1.29, 1.82) is 0 Å². The molecule has 7 nitrogen and oxygen atoms in total. The zero-order valence-corrected chi connectivity index (χ0v) is 19.7. The maximum Gasteiger partial charge on any atom is 0.236 e. The molecule has 0 atom stereocenters. The van der Waals surface area contributed by atoms with Crippen LogP contribution in [-0.4, -0.2) is 38.5 Å². The van der Waals surface area contributed by atoms with Crippen LogP contribution in [0.5, 0.6) is 5.75 Å². The molecule has 0 unspecified atom stereocenters. The maximum atomic E-state index is 12.6. The van der Waals surface area contributed by atoms with Crippen LogP contribution >= 0.6 is 23.1 Å². The lowest BCUT2D eigenvalue weighted by Crippen LogP contribution is -2.15. The van der Waals surface area contributed by atoms with E-state index >= 15 is 0 Å². The minimum absolute atomic E-state index is 0.113. The molecule has 5 rings (SSSR count). The van der Waals surface area contributed by atoms with Crippen molar-refractivity contribution >= 4 is 34.1 Å². The van der Waals surface area contributed by atoms with Crippen LogP contribution in [0.15, 0.2) is 65.1 Å². The fourth-order valence-corrected chi connectivity index (χ4v) is 4.96. The third-order valence-electron chi connectivity index (χ3n) is 5.34. The number of carbonyl (C=O) groups excluding carboxylic acids is 1. The van der Waals surface area contributed by atoms with E-state index in [1.54, 1.807) is 7.11 Å². The Morgan fingerprint density at radius 1 is 1.15 bits per heavy atom. The Hall–Kier alpha value is -3.17. The molecule has 2 heterocycles. The first-order valence-electron chi connectivity index (χ1n) is 10.7. The van der Waals surface area contributed by atoms with Gasteiger partial charge in [0.15, 0.2) is 10.3 Å².